The summed E-state index contributed by atoms with van der Waals surface area (Å²) in [5, 5.41) is 15.6. The van der Waals surface area contributed by atoms with Crippen molar-refractivity contribution in [2.24, 2.45) is 10.8 Å². The number of benzene rings is 1. The van der Waals surface area contributed by atoms with Crippen LogP contribution in [-0.4, -0.2) is 69.2 Å². The SMILES string of the molecule is C[C@@]12CC(N3CCN(c4ncc(F)cn4)CC3)C[C@]1(C)CC1(C2)OCc2ccccc21.O=C(O)/C=C\C(=O)O. The van der Waals surface area contributed by atoms with Gasteiger partial charge in [-0.3, -0.25) is 4.90 Å². The lowest BCUT2D eigenvalue weighted by molar-refractivity contribution is -0.134. The molecule has 10 heteroatoms. The summed E-state index contributed by atoms with van der Waals surface area (Å²) in [5.74, 6) is -2.25. The summed E-state index contributed by atoms with van der Waals surface area (Å²) in [4.78, 5) is 32.3. The van der Waals surface area contributed by atoms with Crippen LogP contribution in [0.25, 0.3) is 0 Å². The van der Waals surface area contributed by atoms with E-state index in [4.69, 9.17) is 14.9 Å². The largest absolute Gasteiger partial charge is 0.478 e. The maximum atomic E-state index is 13.1. The number of carbonyl (C=O) groups is 2. The molecule has 2 saturated carbocycles. The third kappa shape index (κ3) is 5.27. The van der Waals surface area contributed by atoms with Crippen LogP contribution >= 0.6 is 0 Å². The molecule has 3 heterocycles. The van der Waals surface area contributed by atoms with Gasteiger partial charge in [0.15, 0.2) is 5.82 Å². The monoisotopic (exact) mass is 538 g/mol. The van der Waals surface area contributed by atoms with E-state index in [1.54, 1.807) is 0 Å². The van der Waals surface area contributed by atoms with Gasteiger partial charge >= 0.3 is 11.9 Å². The Balaban J connectivity index is 0.000000339. The molecule has 0 radical (unpaired) electrons. The number of carboxylic acids is 2. The van der Waals surface area contributed by atoms with Crippen LogP contribution in [0.5, 0.6) is 0 Å². The van der Waals surface area contributed by atoms with Gasteiger partial charge in [-0.15, -0.1) is 0 Å². The number of carboxylic acid groups (broad SMARTS) is 2. The number of hydrogen-bond acceptors (Lipinski definition) is 7. The van der Waals surface area contributed by atoms with Gasteiger partial charge in [0.05, 0.1) is 24.6 Å². The fourth-order valence-corrected chi connectivity index (χ4v) is 7.33. The molecule has 0 bridgehead atoms. The fraction of sp³-hybridized carbons (Fsp3) is 0.517. The number of aromatic nitrogens is 2. The van der Waals surface area contributed by atoms with Crippen LogP contribution in [0.2, 0.25) is 0 Å². The minimum atomic E-state index is -1.26. The molecule has 4 atom stereocenters. The van der Waals surface area contributed by atoms with E-state index in [0.29, 0.717) is 35.0 Å². The summed E-state index contributed by atoms with van der Waals surface area (Å²) in [7, 11) is 0. The quantitative estimate of drug-likeness (QED) is 0.560. The molecule has 1 spiro atoms. The second-order valence-electron chi connectivity index (χ2n) is 11.7. The molecule has 0 amide bonds. The molecule has 39 heavy (non-hydrogen) atoms. The Hall–Kier alpha value is -3.37. The van der Waals surface area contributed by atoms with Crippen molar-refractivity contribution in [3.8, 4) is 0 Å². The molecule has 6 rings (SSSR count). The summed E-state index contributed by atoms with van der Waals surface area (Å²) in [6.45, 7) is 9.61. The molecule has 2 unspecified atom stereocenters. The van der Waals surface area contributed by atoms with E-state index in [0.717, 1.165) is 45.6 Å². The molecule has 2 aromatic rings. The van der Waals surface area contributed by atoms with Gasteiger partial charge < -0.3 is 19.8 Å². The summed E-state index contributed by atoms with van der Waals surface area (Å²) in [6.07, 6.45) is 8.38. The highest BCUT2D eigenvalue weighted by Gasteiger charge is 2.65. The molecule has 9 nitrogen and oxygen atoms in total. The molecule has 4 aliphatic rings. The number of ether oxygens (including phenoxy) is 1. The average Bonchev–Trinajstić information content (AvgIpc) is 3.45. The topological polar surface area (TPSA) is 116 Å². The van der Waals surface area contributed by atoms with E-state index in [-0.39, 0.29) is 11.4 Å². The molecule has 2 N–H and O–H groups in total. The summed E-state index contributed by atoms with van der Waals surface area (Å²) in [6, 6.07) is 9.45. The zero-order valence-electron chi connectivity index (χ0n) is 22.3. The van der Waals surface area contributed by atoms with Crippen molar-refractivity contribution in [3.63, 3.8) is 0 Å². The van der Waals surface area contributed by atoms with Crippen molar-refractivity contribution >= 4 is 17.9 Å². The first-order valence-corrected chi connectivity index (χ1v) is 13.4. The standard InChI is InChI=1S/C25H31FN4O.C4H4O4/c1-23-11-20(29-7-9-30(10-8-29)22-27-13-19(26)14-28-22)12-24(23,2)17-25(16-23)21-6-4-3-5-18(21)15-31-25;5-3(6)1-2-4(7)8/h3-6,13-14,20H,7-12,15-17H2,1-2H3;1-2H,(H,5,6)(H,7,8)/b;2-1-/t20?,23-,24+,25?;. The third-order valence-corrected chi connectivity index (χ3v) is 9.28. The zero-order chi connectivity index (χ0) is 27.8. The maximum absolute atomic E-state index is 13.1. The minimum absolute atomic E-state index is 0.0797. The van der Waals surface area contributed by atoms with E-state index < -0.39 is 11.9 Å². The van der Waals surface area contributed by atoms with Gasteiger partial charge in [0, 0.05) is 44.4 Å². The Morgan fingerprint density at radius 2 is 1.54 bits per heavy atom. The number of piperazine rings is 1. The predicted molar refractivity (Wildman–Crippen MR) is 142 cm³/mol. The third-order valence-electron chi connectivity index (χ3n) is 9.28. The maximum Gasteiger partial charge on any atom is 0.328 e. The minimum Gasteiger partial charge on any atom is -0.478 e. The van der Waals surface area contributed by atoms with Gasteiger partial charge in [-0.2, -0.15) is 0 Å². The molecule has 208 valence electrons. The van der Waals surface area contributed by atoms with Crippen LogP contribution in [-0.2, 0) is 26.5 Å². The Labute approximate surface area is 227 Å². The number of nitrogens with zero attached hydrogens (tertiary/aromatic N) is 4. The van der Waals surface area contributed by atoms with Crippen LogP contribution in [0.4, 0.5) is 10.3 Å². The normalized spacial score (nSPS) is 31.7. The van der Waals surface area contributed by atoms with Crippen LogP contribution in [0, 0.1) is 16.6 Å². The van der Waals surface area contributed by atoms with Crippen LogP contribution < -0.4 is 4.90 Å². The van der Waals surface area contributed by atoms with Gasteiger partial charge in [0.1, 0.15) is 0 Å². The van der Waals surface area contributed by atoms with Crippen molar-refractivity contribution in [1.29, 1.82) is 0 Å². The Morgan fingerprint density at radius 1 is 0.974 bits per heavy atom. The smallest absolute Gasteiger partial charge is 0.328 e. The van der Waals surface area contributed by atoms with Crippen LogP contribution in [0.1, 0.15) is 50.7 Å². The van der Waals surface area contributed by atoms with Crippen LogP contribution in [0.3, 0.4) is 0 Å². The summed E-state index contributed by atoms with van der Waals surface area (Å²) < 4.78 is 19.7. The van der Waals surface area contributed by atoms with Gasteiger partial charge in [0.25, 0.3) is 0 Å². The van der Waals surface area contributed by atoms with Crippen molar-refractivity contribution < 1.29 is 28.9 Å². The molecule has 2 aliphatic carbocycles. The summed E-state index contributed by atoms with van der Waals surface area (Å²) in [5.41, 5.74) is 3.34. The highest BCUT2D eigenvalue weighted by Crippen LogP contribution is 2.70. The highest BCUT2D eigenvalue weighted by atomic mass is 19.1. The highest BCUT2D eigenvalue weighted by molar-refractivity contribution is 5.89. The predicted octanol–water partition coefficient (Wildman–Crippen LogP) is 3.84. The molecule has 1 aromatic carbocycles. The Kier molecular flexibility index (Phi) is 7.19. The summed E-state index contributed by atoms with van der Waals surface area (Å²) >= 11 is 0. The van der Waals surface area contributed by atoms with Gasteiger partial charge in [-0.05, 0) is 47.6 Å². The van der Waals surface area contributed by atoms with Gasteiger partial charge in [0.2, 0.25) is 5.95 Å². The van der Waals surface area contributed by atoms with E-state index in [1.807, 2.05) is 0 Å². The van der Waals surface area contributed by atoms with Gasteiger partial charge in [-0.1, -0.05) is 38.1 Å². The first-order chi connectivity index (χ1) is 18.5. The Bertz CT molecular complexity index is 1230. The van der Waals surface area contributed by atoms with Crippen molar-refractivity contribution in [3.05, 3.63) is 65.8 Å². The molecular weight excluding hydrogens is 503 g/mol. The first kappa shape index (κ1) is 27.2. The van der Waals surface area contributed by atoms with E-state index in [1.165, 1.54) is 36.4 Å². The first-order valence-electron chi connectivity index (χ1n) is 13.4. The number of halogens is 1. The molecule has 2 aliphatic heterocycles. The average molecular weight is 539 g/mol. The van der Waals surface area contributed by atoms with Crippen LogP contribution in [0.15, 0.2) is 48.8 Å². The second kappa shape index (κ2) is 10.3. The number of rotatable bonds is 4. The number of aliphatic carboxylic acids is 2. The van der Waals surface area contributed by atoms with E-state index in [9.17, 15) is 14.0 Å². The lowest BCUT2D eigenvalue weighted by atomic mass is 9.71. The van der Waals surface area contributed by atoms with Crippen molar-refractivity contribution in [1.82, 2.24) is 14.9 Å². The van der Waals surface area contributed by atoms with Crippen molar-refractivity contribution in [2.45, 2.75) is 57.8 Å². The molecule has 1 aromatic heterocycles. The lowest BCUT2D eigenvalue weighted by Gasteiger charge is -2.39. The molecule has 3 fully saturated rings. The van der Waals surface area contributed by atoms with E-state index in [2.05, 4.69) is 57.9 Å². The molecular formula is C29H35FN4O5. The Morgan fingerprint density at radius 3 is 2.10 bits per heavy atom. The zero-order valence-corrected chi connectivity index (χ0v) is 22.3. The van der Waals surface area contributed by atoms with Crippen molar-refractivity contribution in [2.75, 3.05) is 31.1 Å². The van der Waals surface area contributed by atoms with E-state index >= 15 is 0 Å². The number of fused-ring (bicyclic) bond motifs is 3. The second-order valence-corrected chi connectivity index (χ2v) is 11.7. The number of hydrogen-bond donors (Lipinski definition) is 2. The lowest BCUT2D eigenvalue weighted by Crippen LogP contribution is -2.50. The molecule has 1 saturated heterocycles. The van der Waals surface area contributed by atoms with Gasteiger partial charge in [-0.25, -0.2) is 23.9 Å². The number of anilines is 1. The fourth-order valence-electron chi connectivity index (χ4n) is 7.33.